The van der Waals surface area contributed by atoms with E-state index in [1.165, 1.54) is 44.5 Å². The van der Waals surface area contributed by atoms with Gasteiger partial charge in [-0.2, -0.15) is 0 Å². The second-order valence-electron chi connectivity index (χ2n) is 10.8. The van der Waals surface area contributed by atoms with Crippen molar-refractivity contribution in [1.82, 2.24) is 0 Å². The van der Waals surface area contributed by atoms with Crippen molar-refractivity contribution in [3.63, 3.8) is 0 Å². The lowest BCUT2D eigenvalue weighted by molar-refractivity contribution is 0.0388. The number of benzene rings is 2. The highest BCUT2D eigenvalue weighted by Gasteiger charge is 2.18. The van der Waals surface area contributed by atoms with Crippen LogP contribution in [-0.4, -0.2) is 0 Å². The maximum atomic E-state index is 6.98. The molecular formula is C36H50O. The van der Waals surface area contributed by atoms with E-state index < -0.39 is 0 Å². The van der Waals surface area contributed by atoms with Crippen molar-refractivity contribution in [2.45, 2.75) is 106 Å². The Hall–Kier alpha value is -2.64. The topological polar surface area (TPSA) is 9.23 Å². The molecule has 0 amide bonds. The highest BCUT2D eigenvalue weighted by atomic mass is 16.5. The lowest BCUT2D eigenvalue weighted by Crippen LogP contribution is -2.09. The van der Waals surface area contributed by atoms with Crippen LogP contribution in [0.1, 0.15) is 116 Å². The minimum absolute atomic E-state index is 0.102. The zero-order valence-electron chi connectivity index (χ0n) is 24.7. The molecule has 1 nitrogen and oxygen atoms in total. The van der Waals surface area contributed by atoms with E-state index in [-0.39, 0.29) is 12.2 Å². The molecule has 2 aromatic rings. The van der Waals surface area contributed by atoms with E-state index in [1.807, 2.05) is 0 Å². The monoisotopic (exact) mass is 498 g/mol. The lowest BCUT2D eigenvalue weighted by atomic mass is 9.99. The number of hydrogen-bond donors (Lipinski definition) is 0. The van der Waals surface area contributed by atoms with Crippen molar-refractivity contribution in [2.24, 2.45) is 0 Å². The minimum Gasteiger partial charge on any atom is -0.357 e. The Bertz CT molecular complexity index is 965. The molecule has 0 saturated heterocycles. The number of aryl methyl sites for hydroxylation is 2. The van der Waals surface area contributed by atoms with Crippen LogP contribution in [-0.2, 0) is 17.6 Å². The van der Waals surface area contributed by atoms with Crippen LogP contribution in [0.25, 0.3) is 0 Å². The van der Waals surface area contributed by atoms with Gasteiger partial charge in [-0.05, 0) is 102 Å². The molecule has 0 N–H and O–H groups in total. The summed E-state index contributed by atoms with van der Waals surface area (Å²) in [6.45, 7) is 17.6. The third kappa shape index (κ3) is 11.5. The fourth-order valence-corrected chi connectivity index (χ4v) is 4.33. The molecule has 2 aromatic carbocycles. The maximum Gasteiger partial charge on any atom is 0.102 e. The van der Waals surface area contributed by atoms with Crippen molar-refractivity contribution in [3.8, 4) is 0 Å². The molecule has 0 aliphatic carbocycles. The predicted molar refractivity (Wildman–Crippen MR) is 163 cm³/mol. The van der Waals surface area contributed by atoms with Gasteiger partial charge < -0.3 is 4.74 Å². The first-order valence-electron chi connectivity index (χ1n) is 14.2. The molecule has 0 saturated carbocycles. The molecule has 200 valence electrons. The summed E-state index contributed by atoms with van der Waals surface area (Å²) in [5.41, 5.74) is 10.6. The van der Waals surface area contributed by atoms with E-state index >= 15 is 0 Å². The Morgan fingerprint density at radius 2 is 0.946 bits per heavy atom. The van der Waals surface area contributed by atoms with Gasteiger partial charge in [0, 0.05) is 0 Å². The Labute approximate surface area is 228 Å². The van der Waals surface area contributed by atoms with Crippen molar-refractivity contribution in [2.75, 3.05) is 0 Å². The standard InChI is InChI=1S/C36H50O/c1-9-31-17-21-33(22-18-31)35(25-29(7)15-11-13-27(3)4)37-36(26-30(8)16-12-14-28(5)6)34-23-19-32(10-2)20-24-34/h13-14,17-26,35-36H,9-12,15-16H2,1-8H3. The molecule has 0 radical (unpaired) electrons. The molecule has 0 bridgehead atoms. The average Bonchev–Trinajstić information content (AvgIpc) is 2.87. The van der Waals surface area contributed by atoms with Gasteiger partial charge in [0.1, 0.15) is 12.2 Å². The molecule has 2 unspecified atom stereocenters. The van der Waals surface area contributed by atoms with Crippen LogP contribution >= 0.6 is 0 Å². The molecule has 0 fully saturated rings. The summed E-state index contributed by atoms with van der Waals surface area (Å²) in [6.07, 6.45) is 15.4. The van der Waals surface area contributed by atoms with Gasteiger partial charge in [-0.15, -0.1) is 0 Å². The summed E-state index contributed by atoms with van der Waals surface area (Å²) < 4.78 is 6.98. The van der Waals surface area contributed by atoms with E-state index in [4.69, 9.17) is 4.74 Å². The van der Waals surface area contributed by atoms with Gasteiger partial charge in [0.15, 0.2) is 0 Å². The quantitative estimate of drug-likeness (QED) is 0.235. The lowest BCUT2D eigenvalue weighted by Gasteiger charge is -2.24. The largest absolute Gasteiger partial charge is 0.357 e. The van der Waals surface area contributed by atoms with E-state index in [0.29, 0.717) is 0 Å². The SMILES string of the molecule is CCc1ccc(C(C=C(C)CCC=C(C)C)OC(C=C(C)CCC=C(C)C)c2ccc(CC)cc2)cc1. The van der Waals surface area contributed by atoms with Crippen LogP contribution in [0, 0.1) is 0 Å². The molecule has 2 rings (SSSR count). The normalized spacial score (nSPS) is 13.7. The minimum atomic E-state index is -0.102. The molecule has 2 atom stereocenters. The van der Waals surface area contributed by atoms with Crippen LogP contribution in [0.5, 0.6) is 0 Å². The molecular weight excluding hydrogens is 448 g/mol. The Morgan fingerprint density at radius 3 is 1.24 bits per heavy atom. The third-order valence-corrected chi connectivity index (χ3v) is 6.78. The predicted octanol–water partition coefficient (Wildman–Crippen LogP) is 11.0. The molecule has 1 heteroatoms. The molecule has 37 heavy (non-hydrogen) atoms. The summed E-state index contributed by atoms with van der Waals surface area (Å²) in [7, 11) is 0. The van der Waals surface area contributed by atoms with E-state index in [1.54, 1.807) is 0 Å². The van der Waals surface area contributed by atoms with Gasteiger partial charge in [-0.1, -0.05) is 109 Å². The summed E-state index contributed by atoms with van der Waals surface area (Å²) in [6, 6.07) is 17.9. The summed E-state index contributed by atoms with van der Waals surface area (Å²) in [5, 5.41) is 0. The first-order chi connectivity index (χ1) is 17.7. The smallest absolute Gasteiger partial charge is 0.102 e. The van der Waals surface area contributed by atoms with Crippen molar-refractivity contribution < 1.29 is 4.74 Å². The Kier molecular flexibility index (Phi) is 13.4. The summed E-state index contributed by atoms with van der Waals surface area (Å²) >= 11 is 0. The van der Waals surface area contributed by atoms with E-state index in [9.17, 15) is 0 Å². The van der Waals surface area contributed by atoms with Gasteiger partial charge in [0.2, 0.25) is 0 Å². The van der Waals surface area contributed by atoms with Gasteiger partial charge in [-0.25, -0.2) is 0 Å². The van der Waals surface area contributed by atoms with Crippen LogP contribution in [0.15, 0.2) is 95.1 Å². The Balaban J connectivity index is 2.42. The number of rotatable bonds is 14. The first-order valence-corrected chi connectivity index (χ1v) is 14.2. The molecule has 0 aliphatic rings. The molecule has 0 aliphatic heterocycles. The fourth-order valence-electron chi connectivity index (χ4n) is 4.33. The number of allylic oxidation sites excluding steroid dienone is 6. The van der Waals surface area contributed by atoms with Gasteiger partial charge >= 0.3 is 0 Å². The van der Waals surface area contributed by atoms with Crippen molar-refractivity contribution >= 4 is 0 Å². The van der Waals surface area contributed by atoms with Crippen LogP contribution in [0.4, 0.5) is 0 Å². The van der Waals surface area contributed by atoms with Crippen molar-refractivity contribution in [1.29, 1.82) is 0 Å². The maximum absolute atomic E-state index is 6.98. The van der Waals surface area contributed by atoms with Crippen LogP contribution < -0.4 is 0 Å². The van der Waals surface area contributed by atoms with E-state index in [2.05, 4.69) is 128 Å². The third-order valence-electron chi connectivity index (χ3n) is 6.78. The van der Waals surface area contributed by atoms with E-state index in [0.717, 1.165) is 38.5 Å². The molecule has 0 heterocycles. The van der Waals surface area contributed by atoms with Crippen LogP contribution in [0.3, 0.4) is 0 Å². The number of hydrogen-bond acceptors (Lipinski definition) is 1. The zero-order valence-corrected chi connectivity index (χ0v) is 24.7. The highest BCUT2D eigenvalue weighted by Crippen LogP contribution is 2.32. The van der Waals surface area contributed by atoms with Gasteiger partial charge in [-0.3, -0.25) is 0 Å². The summed E-state index contributed by atoms with van der Waals surface area (Å²) in [5.74, 6) is 0. The molecule has 0 aromatic heterocycles. The highest BCUT2D eigenvalue weighted by molar-refractivity contribution is 5.30. The second-order valence-corrected chi connectivity index (χ2v) is 10.8. The number of ether oxygens (including phenoxy) is 1. The first kappa shape index (κ1) is 30.6. The van der Waals surface area contributed by atoms with Crippen molar-refractivity contribution in [3.05, 3.63) is 117 Å². The van der Waals surface area contributed by atoms with Crippen LogP contribution in [0.2, 0.25) is 0 Å². The fraction of sp³-hybridized carbons (Fsp3) is 0.444. The van der Waals surface area contributed by atoms with Gasteiger partial charge in [0.25, 0.3) is 0 Å². The molecule has 0 spiro atoms. The van der Waals surface area contributed by atoms with Gasteiger partial charge in [0.05, 0.1) is 0 Å². The Morgan fingerprint density at radius 1 is 0.595 bits per heavy atom. The second kappa shape index (κ2) is 16.3. The zero-order chi connectivity index (χ0) is 27.2. The average molecular weight is 499 g/mol. The summed E-state index contributed by atoms with van der Waals surface area (Å²) in [4.78, 5) is 0.